The van der Waals surface area contributed by atoms with Gasteiger partial charge in [-0.3, -0.25) is 5.26 Å². The number of hydrogen-bond donors (Lipinski definition) is 4. The lowest BCUT2D eigenvalue weighted by Crippen LogP contribution is -2.74. The van der Waals surface area contributed by atoms with Crippen LogP contribution in [0.1, 0.15) is 92.4 Å². The van der Waals surface area contributed by atoms with E-state index in [1.165, 1.54) is 12.8 Å². The second-order valence-corrected chi connectivity index (χ2v) is 12.8. The molecule has 4 unspecified atom stereocenters. The van der Waals surface area contributed by atoms with Crippen LogP contribution in [0.3, 0.4) is 0 Å². The topological polar surface area (TPSA) is 90.2 Å². The van der Waals surface area contributed by atoms with Crippen LogP contribution in [0.25, 0.3) is 0 Å². The summed E-state index contributed by atoms with van der Waals surface area (Å²) < 4.78 is 0. The van der Waals surface area contributed by atoms with Crippen molar-refractivity contribution < 1.29 is 25.5 Å². The molecule has 5 nitrogen and oxygen atoms in total. The molecule has 0 aromatic rings. The van der Waals surface area contributed by atoms with Crippen LogP contribution in [0.15, 0.2) is 12.2 Å². The highest BCUT2D eigenvalue weighted by Gasteiger charge is 2.73. The molecule has 0 aromatic carbocycles. The smallest absolute Gasteiger partial charge is 0.138 e. The fourth-order valence-corrected chi connectivity index (χ4v) is 9.43. The molecule has 4 rings (SSSR count). The van der Waals surface area contributed by atoms with Crippen LogP contribution in [-0.2, 0) is 4.89 Å². The summed E-state index contributed by atoms with van der Waals surface area (Å²) in [5, 5.41) is 43.7. The van der Waals surface area contributed by atoms with Crippen LogP contribution in [0.2, 0.25) is 0 Å². The molecule has 4 aliphatic carbocycles. The molecule has 0 spiro atoms. The lowest BCUT2D eigenvalue weighted by Gasteiger charge is -2.67. The van der Waals surface area contributed by atoms with Crippen molar-refractivity contribution in [2.75, 3.05) is 0 Å². The fraction of sp³-hybridized carbons (Fsp3) is 0.929. The van der Waals surface area contributed by atoms with Crippen molar-refractivity contribution in [2.45, 2.75) is 116 Å². The predicted molar refractivity (Wildman–Crippen MR) is 129 cm³/mol. The van der Waals surface area contributed by atoms with Gasteiger partial charge in [0.2, 0.25) is 0 Å². The van der Waals surface area contributed by atoms with Crippen molar-refractivity contribution >= 4 is 0 Å². The van der Waals surface area contributed by atoms with E-state index in [9.17, 15) is 20.6 Å². The van der Waals surface area contributed by atoms with E-state index in [0.717, 1.165) is 32.1 Å². The first-order valence-corrected chi connectivity index (χ1v) is 13.6. The SMILES string of the molecule is CCC[C@@H](C)/C=C/[C@@H](C)[C@H]1CC[C@H]2C3(OO)C(O)C(O)C4C[C@@H](O)CC[C@]4(C)[C@H]3CC[C@]12C. The Kier molecular flexibility index (Phi) is 7.15. The van der Waals surface area contributed by atoms with Crippen LogP contribution in [0.4, 0.5) is 0 Å². The minimum atomic E-state index is -1.15. The minimum absolute atomic E-state index is 0.00283. The van der Waals surface area contributed by atoms with E-state index in [0.29, 0.717) is 30.6 Å². The number of fused-ring (bicyclic) bond motifs is 5. The Balaban J connectivity index is 1.66. The van der Waals surface area contributed by atoms with Crippen molar-refractivity contribution in [3.63, 3.8) is 0 Å². The van der Waals surface area contributed by atoms with Crippen LogP contribution < -0.4 is 0 Å². The van der Waals surface area contributed by atoms with Crippen LogP contribution in [0.5, 0.6) is 0 Å². The third kappa shape index (κ3) is 3.76. The molecule has 4 aliphatic rings. The standard InChI is InChI=1S/C28H48O5/c1-6-7-17(2)8-9-18(3)20-10-11-22-26(20,4)15-13-23-27(5)14-12-19(29)16-21(27)24(30)25(31)28(22,23)33-32/h8-9,17-25,29-32H,6-7,10-16H2,1-5H3/b9-8+/t17-,18-,19+,20-,21?,22-,23-,24?,25?,26-,27+,28?/m1/s1. The average Bonchev–Trinajstić information content (AvgIpc) is 3.14. The Morgan fingerprint density at radius 1 is 0.939 bits per heavy atom. The molecule has 190 valence electrons. The van der Waals surface area contributed by atoms with Crippen molar-refractivity contribution in [2.24, 2.45) is 46.3 Å². The Hall–Kier alpha value is -0.460. The molecule has 5 heteroatoms. The molecule has 4 saturated carbocycles. The lowest BCUT2D eigenvalue weighted by molar-refractivity contribution is -0.425. The fourth-order valence-electron chi connectivity index (χ4n) is 9.43. The van der Waals surface area contributed by atoms with E-state index in [-0.39, 0.29) is 28.6 Å². The summed E-state index contributed by atoms with van der Waals surface area (Å²) in [4.78, 5) is 5.45. The summed E-state index contributed by atoms with van der Waals surface area (Å²) in [5.74, 6) is 1.26. The molecule has 0 aliphatic heterocycles. The van der Waals surface area contributed by atoms with Gasteiger partial charge in [-0.25, -0.2) is 4.89 Å². The maximum absolute atomic E-state index is 11.6. The molecule has 0 radical (unpaired) electrons. The van der Waals surface area contributed by atoms with Gasteiger partial charge in [-0.15, -0.1) is 0 Å². The molecule has 4 fully saturated rings. The number of aliphatic hydroxyl groups is 3. The third-order valence-electron chi connectivity index (χ3n) is 11.1. The highest BCUT2D eigenvalue weighted by molar-refractivity contribution is 5.22. The highest BCUT2D eigenvalue weighted by atomic mass is 17.1. The Morgan fingerprint density at radius 3 is 2.27 bits per heavy atom. The van der Waals surface area contributed by atoms with Crippen molar-refractivity contribution in [1.29, 1.82) is 0 Å². The van der Waals surface area contributed by atoms with Gasteiger partial charge in [-0.05, 0) is 97.7 Å². The second-order valence-electron chi connectivity index (χ2n) is 12.8. The molecular formula is C28H48O5. The van der Waals surface area contributed by atoms with E-state index in [1.54, 1.807) is 0 Å². The van der Waals surface area contributed by atoms with Gasteiger partial charge in [0.1, 0.15) is 11.7 Å². The predicted octanol–water partition coefficient (Wildman–Crippen LogP) is 5.19. The zero-order valence-electron chi connectivity index (χ0n) is 21.4. The van der Waals surface area contributed by atoms with Crippen LogP contribution in [0, 0.1) is 46.3 Å². The number of aliphatic hydroxyl groups excluding tert-OH is 3. The van der Waals surface area contributed by atoms with Crippen LogP contribution >= 0.6 is 0 Å². The second kappa shape index (κ2) is 9.20. The third-order valence-corrected chi connectivity index (χ3v) is 11.1. The molecule has 0 aromatic heterocycles. The van der Waals surface area contributed by atoms with E-state index >= 15 is 0 Å². The molecule has 0 bridgehead atoms. The summed E-state index contributed by atoms with van der Waals surface area (Å²) in [6, 6.07) is 0. The highest BCUT2D eigenvalue weighted by Crippen LogP contribution is 2.70. The van der Waals surface area contributed by atoms with Crippen molar-refractivity contribution in [3.05, 3.63) is 12.2 Å². The van der Waals surface area contributed by atoms with Gasteiger partial charge in [-0.2, -0.15) is 0 Å². The average molecular weight is 465 g/mol. The largest absolute Gasteiger partial charge is 0.393 e. The van der Waals surface area contributed by atoms with E-state index in [4.69, 9.17) is 4.89 Å². The normalized spacial score (nSPS) is 51.6. The molecule has 0 saturated heterocycles. The number of hydrogen-bond acceptors (Lipinski definition) is 5. The summed E-state index contributed by atoms with van der Waals surface area (Å²) in [5.41, 5.74) is -1.47. The van der Waals surface area contributed by atoms with Gasteiger partial charge in [0, 0.05) is 0 Å². The van der Waals surface area contributed by atoms with Crippen molar-refractivity contribution in [1.82, 2.24) is 0 Å². The van der Waals surface area contributed by atoms with Gasteiger partial charge in [0.05, 0.1) is 12.2 Å². The molecule has 0 heterocycles. The molecule has 0 amide bonds. The monoisotopic (exact) mass is 464 g/mol. The first-order valence-electron chi connectivity index (χ1n) is 13.6. The quantitative estimate of drug-likeness (QED) is 0.247. The van der Waals surface area contributed by atoms with Crippen LogP contribution in [-0.4, -0.2) is 44.5 Å². The van der Waals surface area contributed by atoms with Crippen molar-refractivity contribution in [3.8, 4) is 0 Å². The van der Waals surface area contributed by atoms with Gasteiger partial charge in [0.15, 0.2) is 0 Å². The van der Waals surface area contributed by atoms with E-state index in [2.05, 4.69) is 46.8 Å². The lowest BCUT2D eigenvalue weighted by atomic mass is 9.41. The summed E-state index contributed by atoms with van der Waals surface area (Å²) >= 11 is 0. The number of allylic oxidation sites excluding steroid dienone is 2. The van der Waals surface area contributed by atoms with E-state index < -0.39 is 23.9 Å². The molecule has 4 N–H and O–H groups in total. The molecular weight excluding hydrogens is 416 g/mol. The van der Waals surface area contributed by atoms with Gasteiger partial charge in [-0.1, -0.05) is 53.2 Å². The Labute approximate surface area is 200 Å². The first-order chi connectivity index (χ1) is 15.6. The number of rotatable bonds is 6. The molecule has 33 heavy (non-hydrogen) atoms. The Morgan fingerprint density at radius 2 is 1.61 bits per heavy atom. The zero-order valence-corrected chi connectivity index (χ0v) is 21.4. The minimum Gasteiger partial charge on any atom is -0.393 e. The van der Waals surface area contributed by atoms with Gasteiger partial charge < -0.3 is 15.3 Å². The maximum atomic E-state index is 11.6. The zero-order chi connectivity index (χ0) is 24.2. The Bertz CT molecular complexity index is 725. The summed E-state index contributed by atoms with van der Waals surface area (Å²) in [6.07, 6.45) is 10.5. The molecule has 12 atom stereocenters. The van der Waals surface area contributed by atoms with Gasteiger partial charge in [0.25, 0.3) is 0 Å². The van der Waals surface area contributed by atoms with E-state index in [1.807, 2.05) is 0 Å². The first kappa shape index (κ1) is 25.6. The van der Waals surface area contributed by atoms with Gasteiger partial charge >= 0.3 is 0 Å². The maximum Gasteiger partial charge on any atom is 0.138 e. The summed E-state index contributed by atoms with van der Waals surface area (Å²) in [6.45, 7) is 11.4. The summed E-state index contributed by atoms with van der Waals surface area (Å²) in [7, 11) is 0.